The fourth-order valence-electron chi connectivity index (χ4n) is 2.53. The number of benzene rings is 2. The van der Waals surface area contributed by atoms with Gasteiger partial charge in [0, 0.05) is 13.1 Å². The van der Waals surface area contributed by atoms with Crippen LogP contribution in [-0.2, 0) is 12.0 Å². The fraction of sp³-hybridized carbons (Fsp3) is 0.400. The molecule has 118 valence electrons. The number of halogens is 1. The highest BCUT2D eigenvalue weighted by Crippen LogP contribution is 2.26. The number of likely N-dealkylation sites (N-methyl/N-ethyl adjacent to an activating group) is 1. The first-order valence-electron chi connectivity index (χ1n) is 7.83. The normalized spacial score (nSPS) is 13.4. The first-order valence-corrected chi connectivity index (χ1v) is 8.27. The van der Waals surface area contributed by atoms with Gasteiger partial charge in [0.1, 0.15) is 0 Å². The Bertz CT molecular complexity index is 569. The van der Waals surface area contributed by atoms with Crippen LogP contribution in [0.15, 0.2) is 54.6 Å². The number of nitrogens with zero attached hydrogens (tertiary/aromatic N) is 1. The van der Waals surface area contributed by atoms with E-state index in [1.54, 1.807) is 0 Å². The van der Waals surface area contributed by atoms with E-state index in [0.717, 1.165) is 13.1 Å². The van der Waals surface area contributed by atoms with Gasteiger partial charge in [-0.15, -0.1) is 11.6 Å². The van der Waals surface area contributed by atoms with Crippen molar-refractivity contribution in [2.45, 2.75) is 38.1 Å². The summed E-state index contributed by atoms with van der Waals surface area (Å²) in [6.07, 6.45) is 0. The molecule has 2 rings (SSSR count). The highest BCUT2D eigenvalue weighted by atomic mass is 35.5. The number of alkyl halides is 1. The van der Waals surface area contributed by atoms with E-state index in [1.807, 2.05) is 6.07 Å². The average Bonchev–Trinajstić information content (AvgIpc) is 2.47. The first kappa shape index (κ1) is 17.1. The number of hydrogen-bond donors (Lipinski definition) is 0. The molecule has 0 aliphatic rings. The summed E-state index contributed by atoms with van der Waals surface area (Å²) in [5, 5.41) is 0.0164. The Morgan fingerprint density at radius 1 is 0.955 bits per heavy atom. The van der Waals surface area contributed by atoms with E-state index in [1.165, 1.54) is 16.7 Å². The Morgan fingerprint density at radius 3 is 2.09 bits per heavy atom. The minimum absolute atomic E-state index is 0.0164. The lowest BCUT2D eigenvalue weighted by molar-refractivity contribution is 0.327. The first-order chi connectivity index (χ1) is 10.4. The van der Waals surface area contributed by atoms with E-state index in [0.29, 0.717) is 0 Å². The zero-order chi connectivity index (χ0) is 16.2. The Morgan fingerprint density at radius 2 is 1.55 bits per heavy atom. The maximum absolute atomic E-state index is 6.59. The third-order valence-corrected chi connectivity index (χ3v) is 4.30. The highest BCUT2D eigenvalue weighted by molar-refractivity contribution is 6.21. The van der Waals surface area contributed by atoms with Crippen molar-refractivity contribution in [2.24, 2.45) is 0 Å². The van der Waals surface area contributed by atoms with Gasteiger partial charge in [0.25, 0.3) is 0 Å². The summed E-state index contributed by atoms with van der Waals surface area (Å²) in [7, 11) is 2.12. The van der Waals surface area contributed by atoms with Gasteiger partial charge in [-0.25, -0.2) is 0 Å². The molecule has 0 radical (unpaired) electrons. The lowest BCUT2D eigenvalue weighted by Crippen LogP contribution is -2.22. The van der Waals surface area contributed by atoms with E-state index in [-0.39, 0.29) is 10.8 Å². The van der Waals surface area contributed by atoms with Gasteiger partial charge in [-0.2, -0.15) is 0 Å². The van der Waals surface area contributed by atoms with Crippen molar-refractivity contribution < 1.29 is 0 Å². The molecule has 0 fully saturated rings. The van der Waals surface area contributed by atoms with Crippen LogP contribution < -0.4 is 0 Å². The second-order valence-electron chi connectivity index (χ2n) is 7.02. The van der Waals surface area contributed by atoms with Crippen LogP contribution in [-0.4, -0.2) is 18.5 Å². The maximum atomic E-state index is 6.59. The Hall–Kier alpha value is -1.31. The van der Waals surface area contributed by atoms with E-state index in [2.05, 4.69) is 81.2 Å². The molecule has 2 heteroatoms. The smallest absolute Gasteiger partial charge is 0.0712 e. The predicted octanol–water partition coefficient (Wildman–Crippen LogP) is 5.40. The molecule has 0 amide bonds. The molecule has 1 unspecified atom stereocenters. The standard InChI is InChI=1S/C20H26ClN/c1-20(2,3)18-12-10-17(11-13-18)19(21)15-22(4)14-16-8-6-5-7-9-16/h5-13,19H,14-15H2,1-4H3. The van der Waals surface area contributed by atoms with Crippen molar-refractivity contribution in [1.29, 1.82) is 0 Å². The third-order valence-electron chi connectivity index (χ3n) is 3.91. The van der Waals surface area contributed by atoms with E-state index in [4.69, 9.17) is 11.6 Å². The van der Waals surface area contributed by atoms with Gasteiger partial charge in [-0.3, -0.25) is 0 Å². The molecule has 0 aliphatic heterocycles. The van der Waals surface area contributed by atoms with Gasteiger partial charge >= 0.3 is 0 Å². The minimum atomic E-state index is 0.0164. The van der Waals surface area contributed by atoms with Crippen molar-refractivity contribution in [3.8, 4) is 0 Å². The largest absolute Gasteiger partial charge is 0.300 e. The lowest BCUT2D eigenvalue weighted by atomic mass is 9.86. The van der Waals surface area contributed by atoms with Crippen molar-refractivity contribution in [1.82, 2.24) is 4.90 Å². The molecular weight excluding hydrogens is 290 g/mol. The zero-order valence-corrected chi connectivity index (χ0v) is 14.8. The van der Waals surface area contributed by atoms with Gasteiger partial charge in [-0.05, 0) is 29.2 Å². The van der Waals surface area contributed by atoms with Gasteiger partial charge in [0.2, 0.25) is 0 Å². The molecule has 0 saturated carbocycles. The second kappa shape index (κ2) is 7.30. The van der Waals surface area contributed by atoms with E-state index < -0.39 is 0 Å². The molecule has 0 heterocycles. The van der Waals surface area contributed by atoms with Crippen molar-refractivity contribution in [3.63, 3.8) is 0 Å². The Labute approximate surface area is 139 Å². The summed E-state index contributed by atoms with van der Waals surface area (Å²) in [5.41, 5.74) is 4.04. The molecule has 0 N–H and O–H groups in total. The average molecular weight is 316 g/mol. The molecule has 1 nitrogen and oxygen atoms in total. The van der Waals surface area contributed by atoms with E-state index >= 15 is 0 Å². The lowest BCUT2D eigenvalue weighted by Gasteiger charge is -2.22. The molecular formula is C20H26ClN. The van der Waals surface area contributed by atoms with Crippen LogP contribution in [0, 0.1) is 0 Å². The third kappa shape index (κ3) is 4.86. The summed E-state index contributed by atoms with van der Waals surface area (Å²) < 4.78 is 0. The SMILES string of the molecule is CN(Cc1ccccc1)CC(Cl)c1ccc(C(C)(C)C)cc1. The topological polar surface area (TPSA) is 3.24 Å². The monoisotopic (exact) mass is 315 g/mol. The maximum Gasteiger partial charge on any atom is 0.0712 e. The molecule has 22 heavy (non-hydrogen) atoms. The number of hydrogen-bond acceptors (Lipinski definition) is 1. The van der Waals surface area contributed by atoms with Crippen molar-refractivity contribution >= 4 is 11.6 Å². The van der Waals surface area contributed by atoms with Crippen LogP contribution in [0.1, 0.15) is 42.8 Å². The highest BCUT2D eigenvalue weighted by Gasteiger charge is 2.15. The predicted molar refractivity (Wildman–Crippen MR) is 96.5 cm³/mol. The summed E-state index contributed by atoms with van der Waals surface area (Å²) in [5.74, 6) is 0. The molecule has 0 aromatic heterocycles. The fourth-order valence-corrected chi connectivity index (χ4v) is 2.91. The molecule has 0 aliphatic carbocycles. The molecule has 0 spiro atoms. The molecule has 0 saturated heterocycles. The quantitative estimate of drug-likeness (QED) is 0.668. The van der Waals surface area contributed by atoms with Gasteiger partial charge in [-0.1, -0.05) is 75.4 Å². The van der Waals surface area contributed by atoms with Crippen LogP contribution in [0.5, 0.6) is 0 Å². The number of rotatable bonds is 5. The van der Waals surface area contributed by atoms with Crippen LogP contribution in [0.2, 0.25) is 0 Å². The van der Waals surface area contributed by atoms with Crippen LogP contribution >= 0.6 is 11.6 Å². The molecule has 1 atom stereocenters. The van der Waals surface area contributed by atoms with Crippen molar-refractivity contribution in [2.75, 3.05) is 13.6 Å². The van der Waals surface area contributed by atoms with Crippen LogP contribution in [0.4, 0.5) is 0 Å². The summed E-state index contributed by atoms with van der Waals surface area (Å²) in [6.45, 7) is 8.45. The van der Waals surface area contributed by atoms with Gasteiger partial charge in [0.15, 0.2) is 0 Å². The Balaban J connectivity index is 1.95. The summed E-state index contributed by atoms with van der Waals surface area (Å²) in [4.78, 5) is 2.27. The molecule has 0 bridgehead atoms. The summed E-state index contributed by atoms with van der Waals surface area (Å²) in [6, 6.07) is 19.2. The minimum Gasteiger partial charge on any atom is -0.300 e. The van der Waals surface area contributed by atoms with Crippen LogP contribution in [0.25, 0.3) is 0 Å². The molecule has 2 aromatic carbocycles. The van der Waals surface area contributed by atoms with Gasteiger partial charge in [0.05, 0.1) is 5.38 Å². The Kier molecular flexibility index (Phi) is 5.66. The van der Waals surface area contributed by atoms with Crippen LogP contribution in [0.3, 0.4) is 0 Å². The van der Waals surface area contributed by atoms with Gasteiger partial charge < -0.3 is 4.90 Å². The summed E-state index contributed by atoms with van der Waals surface area (Å²) >= 11 is 6.59. The second-order valence-corrected chi connectivity index (χ2v) is 7.55. The molecule has 2 aromatic rings. The zero-order valence-electron chi connectivity index (χ0n) is 14.0. The van der Waals surface area contributed by atoms with Crippen molar-refractivity contribution in [3.05, 3.63) is 71.3 Å². The van der Waals surface area contributed by atoms with E-state index in [9.17, 15) is 0 Å².